The van der Waals surface area contributed by atoms with Gasteiger partial charge in [-0.3, -0.25) is 0 Å². The second-order valence-corrected chi connectivity index (χ2v) is 6.13. The summed E-state index contributed by atoms with van der Waals surface area (Å²) in [5, 5.41) is 0. The smallest absolute Gasteiger partial charge is 0.235 e. The second kappa shape index (κ2) is 4.71. The van der Waals surface area contributed by atoms with Crippen LogP contribution in [0.2, 0.25) is 0 Å². The molecular formula is C15H22N2O. The summed E-state index contributed by atoms with van der Waals surface area (Å²) >= 11 is 0. The van der Waals surface area contributed by atoms with Gasteiger partial charge in [0.15, 0.2) is 0 Å². The van der Waals surface area contributed by atoms with Crippen molar-refractivity contribution in [2.45, 2.75) is 46.6 Å². The Morgan fingerprint density at radius 2 is 2.06 bits per heavy atom. The molecule has 0 unspecified atom stereocenters. The van der Waals surface area contributed by atoms with Gasteiger partial charge in [-0.15, -0.1) is 0 Å². The molecule has 0 saturated carbocycles. The van der Waals surface area contributed by atoms with E-state index in [0.29, 0.717) is 18.4 Å². The Balaban J connectivity index is 2.28. The number of pyridine rings is 1. The molecule has 0 amide bonds. The van der Waals surface area contributed by atoms with Gasteiger partial charge in [0.1, 0.15) is 12.3 Å². The number of aromatic nitrogens is 1. The lowest BCUT2D eigenvalue weighted by atomic mass is 9.80. The van der Waals surface area contributed by atoms with Crippen molar-refractivity contribution in [2.75, 3.05) is 6.61 Å². The molecule has 0 saturated heterocycles. The average molecular weight is 246 g/mol. The van der Waals surface area contributed by atoms with Gasteiger partial charge in [0.25, 0.3) is 0 Å². The van der Waals surface area contributed by atoms with Crippen LogP contribution in [-0.4, -0.2) is 23.5 Å². The molecule has 0 aliphatic carbocycles. The van der Waals surface area contributed by atoms with Crippen LogP contribution in [0.4, 0.5) is 0 Å². The second-order valence-electron chi connectivity index (χ2n) is 6.13. The molecule has 3 heteroatoms. The Kier molecular flexibility index (Phi) is 3.42. The van der Waals surface area contributed by atoms with Gasteiger partial charge in [-0.05, 0) is 24.5 Å². The fraction of sp³-hybridized carbons (Fsp3) is 0.600. The van der Waals surface area contributed by atoms with Crippen molar-refractivity contribution in [2.24, 2.45) is 10.4 Å². The minimum Gasteiger partial charge on any atom is -0.474 e. The van der Waals surface area contributed by atoms with E-state index in [-0.39, 0.29) is 11.5 Å². The Morgan fingerprint density at radius 1 is 1.33 bits per heavy atom. The highest BCUT2D eigenvalue weighted by Crippen LogP contribution is 2.33. The summed E-state index contributed by atoms with van der Waals surface area (Å²) in [6.07, 6.45) is 0. The number of hydrogen-bond acceptors (Lipinski definition) is 3. The molecule has 0 fully saturated rings. The molecular weight excluding hydrogens is 224 g/mol. The molecule has 0 bridgehead atoms. The normalized spacial score (nSPS) is 21.4. The summed E-state index contributed by atoms with van der Waals surface area (Å²) in [6, 6.07) is 6.33. The maximum Gasteiger partial charge on any atom is 0.235 e. The van der Waals surface area contributed by atoms with Crippen molar-refractivity contribution < 1.29 is 4.74 Å². The first-order valence-corrected chi connectivity index (χ1v) is 6.56. The number of aliphatic imine (C=N–C) groups is 1. The van der Waals surface area contributed by atoms with Crippen molar-refractivity contribution in [3.63, 3.8) is 0 Å². The molecule has 18 heavy (non-hydrogen) atoms. The standard InChI is InChI=1S/C15H22N2O/c1-10-9-18-14(16-10)13-8-6-7-12(17-13)11(2)15(3,4)5/h6-8,10-11H,9H2,1-5H3/t10-,11-/m1/s1. The Hall–Kier alpha value is -1.38. The fourth-order valence-electron chi connectivity index (χ4n) is 1.87. The summed E-state index contributed by atoms with van der Waals surface area (Å²) < 4.78 is 5.56. The quantitative estimate of drug-likeness (QED) is 0.801. The zero-order valence-electron chi connectivity index (χ0n) is 11.9. The summed E-state index contributed by atoms with van der Waals surface area (Å²) in [5.74, 6) is 1.09. The van der Waals surface area contributed by atoms with Crippen LogP contribution in [0.5, 0.6) is 0 Å². The highest BCUT2D eigenvalue weighted by Gasteiger charge is 2.24. The number of ether oxygens (including phenoxy) is 1. The van der Waals surface area contributed by atoms with Gasteiger partial charge in [-0.25, -0.2) is 9.98 Å². The topological polar surface area (TPSA) is 34.5 Å². The van der Waals surface area contributed by atoms with E-state index >= 15 is 0 Å². The molecule has 98 valence electrons. The lowest BCUT2D eigenvalue weighted by Gasteiger charge is -2.26. The van der Waals surface area contributed by atoms with Crippen LogP contribution >= 0.6 is 0 Å². The van der Waals surface area contributed by atoms with Crippen LogP contribution in [0.25, 0.3) is 0 Å². The SMILES string of the molecule is C[C@@H]1COC(c2cccc([C@@H](C)C(C)(C)C)n2)=N1. The van der Waals surface area contributed by atoms with E-state index < -0.39 is 0 Å². The lowest BCUT2D eigenvalue weighted by molar-refractivity contribution is 0.321. The number of nitrogens with zero attached hydrogens (tertiary/aromatic N) is 2. The van der Waals surface area contributed by atoms with Crippen molar-refractivity contribution in [1.82, 2.24) is 4.98 Å². The third kappa shape index (κ3) is 2.71. The summed E-state index contributed by atoms with van der Waals surface area (Å²) in [5.41, 5.74) is 2.16. The van der Waals surface area contributed by atoms with Gasteiger partial charge < -0.3 is 4.74 Å². The molecule has 1 aliphatic heterocycles. The van der Waals surface area contributed by atoms with Crippen LogP contribution < -0.4 is 0 Å². The Bertz CT molecular complexity index is 460. The molecule has 1 aromatic heterocycles. The highest BCUT2D eigenvalue weighted by atomic mass is 16.5. The van der Waals surface area contributed by atoms with Crippen LogP contribution in [0, 0.1) is 5.41 Å². The largest absolute Gasteiger partial charge is 0.474 e. The fourth-order valence-corrected chi connectivity index (χ4v) is 1.87. The molecule has 0 N–H and O–H groups in total. The minimum absolute atomic E-state index is 0.206. The predicted molar refractivity (Wildman–Crippen MR) is 74.1 cm³/mol. The van der Waals surface area contributed by atoms with Crippen molar-refractivity contribution in [1.29, 1.82) is 0 Å². The zero-order valence-corrected chi connectivity index (χ0v) is 11.9. The monoisotopic (exact) mass is 246 g/mol. The number of hydrogen-bond donors (Lipinski definition) is 0. The summed E-state index contributed by atoms with van der Waals surface area (Å²) in [4.78, 5) is 9.15. The Morgan fingerprint density at radius 3 is 2.61 bits per heavy atom. The van der Waals surface area contributed by atoms with Gasteiger partial charge in [0.2, 0.25) is 5.90 Å². The molecule has 0 aromatic carbocycles. The third-order valence-corrected chi connectivity index (χ3v) is 3.53. The van der Waals surface area contributed by atoms with E-state index in [0.717, 1.165) is 11.4 Å². The van der Waals surface area contributed by atoms with Crippen LogP contribution in [0.3, 0.4) is 0 Å². The summed E-state index contributed by atoms with van der Waals surface area (Å²) in [7, 11) is 0. The van der Waals surface area contributed by atoms with E-state index in [1.54, 1.807) is 0 Å². The van der Waals surface area contributed by atoms with Crippen LogP contribution in [0.1, 0.15) is 51.9 Å². The molecule has 0 spiro atoms. The molecule has 3 nitrogen and oxygen atoms in total. The average Bonchev–Trinajstić information content (AvgIpc) is 2.74. The van der Waals surface area contributed by atoms with Gasteiger partial charge >= 0.3 is 0 Å². The molecule has 1 aliphatic rings. The minimum atomic E-state index is 0.206. The third-order valence-electron chi connectivity index (χ3n) is 3.53. The van der Waals surface area contributed by atoms with Crippen LogP contribution in [0.15, 0.2) is 23.2 Å². The predicted octanol–water partition coefficient (Wildman–Crippen LogP) is 3.40. The highest BCUT2D eigenvalue weighted by molar-refractivity contribution is 5.93. The maximum atomic E-state index is 5.56. The first-order valence-electron chi connectivity index (χ1n) is 6.56. The lowest BCUT2D eigenvalue weighted by Crippen LogP contribution is -2.17. The molecule has 2 atom stereocenters. The van der Waals surface area contributed by atoms with E-state index in [2.05, 4.69) is 45.7 Å². The molecule has 1 aromatic rings. The van der Waals surface area contributed by atoms with Crippen molar-refractivity contribution in [3.8, 4) is 0 Å². The molecule has 0 radical (unpaired) electrons. The van der Waals surface area contributed by atoms with Crippen LogP contribution in [-0.2, 0) is 4.74 Å². The maximum absolute atomic E-state index is 5.56. The van der Waals surface area contributed by atoms with Gasteiger partial charge in [0.05, 0.1) is 6.04 Å². The van der Waals surface area contributed by atoms with Gasteiger partial charge in [-0.1, -0.05) is 33.8 Å². The first kappa shape index (κ1) is 13.1. The van der Waals surface area contributed by atoms with Gasteiger partial charge in [-0.2, -0.15) is 0 Å². The molecule has 2 heterocycles. The molecule has 2 rings (SSSR count). The first-order chi connectivity index (χ1) is 8.38. The van der Waals surface area contributed by atoms with Crippen molar-refractivity contribution in [3.05, 3.63) is 29.6 Å². The van der Waals surface area contributed by atoms with Crippen molar-refractivity contribution >= 4 is 5.90 Å². The van der Waals surface area contributed by atoms with E-state index in [1.807, 2.05) is 12.1 Å². The van der Waals surface area contributed by atoms with Gasteiger partial charge in [0, 0.05) is 11.6 Å². The Labute approximate surface area is 109 Å². The zero-order chi connectivity index (χ0) is 13.3. The number of rotatable bonds is 2. The summed E-state index contributed by atoms with van der Waals surface area (Å²) in [6.45, 7) is 11.6. The van der Waals surface area contributed by atoms with E-state index in [9.17, 15) is 0 Å². The van der Waals surface area contributed by atoms with E-state index in [1.165, 1.54) is 0 Å². The van der Waals surface area contributed by atoms with E-state index in [4.69, 9.17) is 9.72 Å².